The monoisotopic (exact) mass is 428 g/mol. The van der Waals surface area contributed by atoms with Gasteiger partial charge < -0.3 is 4.74 Å². The summed E-state index contributed by atoms with van der Waals surface area (Å²) in [5.74, 6) is -2.94. The summed E-state index contributed by atoms with van der Waals surface area (Å²) in [5, 5.41) is 0.717. The molecule has 3 rings (SSSR count). The zero-order valence-corrected chi connectivity index (χ0v) is 15.4. The number of pyridine rings is 1. The number of nitrogens with zero attached hydrogens (tertiary/aromatic N) is 2. The Bertz CT molecular complexity index is 861. The highest BCUT2D eigenvalue weighted by molar-refractivity contribution is 9.10. The van der Waals surface area contributed by atoms with Gasteiger partial charge in [-0.2, -0.15) is 0 Å². The Kier molecular flexibility index (Phi) is 5.10. The summed E-state index contributed by atoms with van der Waals surface area (Å²) in [7, 11) is 0. The van der Waals surface area contributed by atoms with Crippen molar-refractivity contribution >= 4 is 27.3 Å². The minimum absolute atomic E-state index is 0.268. The lowest BCUT2D eigenvalue weighted by molar-refractivity contribution is -0.0230. The van der Waals surface area contributed by atoms with Crippen molar-refractivity contribution in [3.05, 3.63) is 53.0 Å². The molecule has 0 aliphatic heterocycles. The van der Waals surface area contributed by atoms with Crippen molar-refractivity contribution in [2.24, 2.45) is 0 Å². The molecule has 2 heterocycles. The highest BCUT2D eigenvalue weighted by atomic mass is 79.9. The lowest BCUT2D eigenvalue weighted by Gasteiger charge is -2.11. The number of halogens is 4. The van der Waals surface area contributed by atoms with E-state index in [0.29, 0.717) is 10.3 Å². The topological polar surface area (TPSA) is 35.0 Å². The van der Waals surface area contributed by atoms with Crippen LogP contribution in [0, 0.1) is 5.82 Å². The van der Waals surface area contributed by atoms with Crippen molar-refractivity contribution < 1.29 is 17.9 Å². The summed E-state index contributed by atoms with van der Waals surface area (Å²) in [6.45, 7) is 0.0905. The number of thiazole rings is 1. The molecule has 0 aliphatic carbocycles. The van der Waals surface area contributed by atoms with Crippen LogP contribution in [0.3, 0.4) is 0 Å². The van der Waals surface area contributed by atoms with Gasteiger partial charge in [0.25, 0.3) is 5.92 Å². The van der Waals surface area contributed by atoms with E-state index in [1.807, 2.05) is 0 Å². The lowest BCUT2D eigenvalue weighted by Crippen LogP contribution is -2.20. The van der Waals surface area contributed by atoms with Crippen molar-refractivity contribution in [2.75, 3.05) is 6.61 Å². The van der Waals surface area contributed by atoms with E-state index in [1.165, 1.54) is 29.7 Å². The third-order valence-electron chi connectivity index (χ3n) is 3.14. The van der Waals surface area contributed by atoms with E-state index < -0.39 is 12.5 Å². The van der Waals surface area contributed by atoms with Crippen LogP contribution in [0.4, 0.5) is 13.2 Å². The first-order valence-corrected chi connectivity index (χ1v) is 8.82. The molecule has 3 aromatic rings. The van der Waals surface area contributed by atoms with E-state index >= 15 is 0 Å². The highest BCUT2D eigenvalue weighted by Gasteiger charge is 2.22. The number of benzene rings is 1. The van der Waals surface area contributed by atoms with Crippen LogP contribution in [-0.2, 0) is 0 Å². The SMILES string of the molecule is CC(F)(F)COc1ccc(-c2sc(-c3ccc(F)cc3)nc2Br)nc1. The molecule has 0 bridgehead atoms. The second-order valence-corrected chi connectivity index (χ2v) is 7.13. The molecule has 0 spiro atoms. The second-order valence-electron chi connectivity index (χ2n) is 5.38. The molecule has 130 valence electrons. The predicted octanol–water partition coefficient (Wildman–Crippen LogP) is 5.81. The molecule has 8 heteroatoms. The molecule has 0 atom stereocenters. The zero-order chi connectivity index (χ0) is 18.0. The van der Waals surface area contributed by atoms with E-state index in [2.05, 4.69) is 25.9 Å². The third-order valence-corrected chi connectivity index (χ3v) is 5.10. The maximum atomic E-state index is 13.0. The van der Waals surface area contributed by atoms with E-state index in [1.54, 1.807) is 24.3 Å². The van der Waals surface area contributed by atoms with E-state index in [4.69, 9.17) is 4.74 Å². The molecule has 2 aromatic heterocycles. The predicted molar refractivity (Wildman–Crippen MR) is 94.6 cm³/mol. The Labute approximate surface area is 154 Å². The van der Waals surface area contributed by atoms with Gasteiger partial charge in [0.1, 0.15) is 21.2 Å². The molecule has 0 aliphatic rings. The first-order chi connectivity index (χ1) is 11.8. The Balaban J connectivity index is 1.81. The van der Waals surface area contributed by atoms with Crippen LogP contribution in [0.5, 0.6) is 5.75 Å². The quantitative estimate of drug-likeness (QED) is 0.514. The Morgan fingerprint density at radius 3 is 2.48 bits per heavy atom. The second kappa shape index (κ2) is 7.13. The lowest BCUT2D eigenvalue weighted by atomic mass is 10.2. The number of hydrogen-bond donors (Lipinski definition) is 0. The molecule has 0 amide bonds. The van der Waals surface area contributed by atoms with Gasteiger partial charge in [0.05, 0.1) is 16.8 Å². The Morgan fingerprint density at radius 1 is 1.16 bits per heavy atom. The van der Waals surface area contributed by atoms with Gasteiger partial charge in [0, 0.05) is 12.5 Å². The van der Waals surface area contributed by atoms with Crippen LogP contribution in [0.1, 0.15) is 6.92 Å². The minimum Gasteiger partial charge on any atom is -0.486 e. The van der Waals surface area contributed by atoms with E-state index in [-0.39, 0.29) is 11.6 Å². The molecular formula is C17H12BrF3N2OS. The number of aromatic nitrogens is 2. The van der Waals surface area contributed by atoms with E-state index in [9.17, 15) is 13.2 Å². The molecule has 0 N–H and O–H groups in total. The fraction of sp³-hybridized carbons (Fsp3) is 0.176. The molecule has 25 heavy (non-hydrogen) atoms. The number of alkyl halides is 2. The average Bonchev–Trinajstić information content (AvgIpc) is 2.95. The van der Waals surface area contributed by atoms with Crippen LogP contribution in [0.2, 0.25) is 0 Å². The summed E-state index contributed by atoms with van der Waals surface area (Å²) >= 11 is 4.79. The van der Waals surface area contributed by atoms with Crippen LogP contribution >= 0.6 is 27.3 Å². The van der Waals surface area contributed by atoms with Gasteiger partial charge in [0.15, 0.2) is 6.61 Å². The number of rotatable bonds is 5. The van der Waals surface area contributed by atoms with Crippen molar-refractivity contribution in [3.63, 3.8) is 0 Å². The van der Waals surface area contributed by atoms with Gasteiger partial charge in [0.2, 0.25) is 0 Å². The fourth-order valence-corrected chi connectivity index (χ4v) is 3.67. The summed E-state index contributed by atoms with van der Waals surface area (Å²) in [6.07, 6.45) is 1.39. The number of hydrogen-bond acceptors (Lipinski definition) is 4. The molecule has 0 unspecified atom stereocenters. The molecule has 3 nitrogen and oxygen atoms in total. The van der Waals surface area contributed by atoms with Crippen molar-refractivity contribution in [2.45, 2.75) is 12.8 Å². The van der Waals surface area contributed by atoms with Crippen LogP contribution in [0.15, 0.2) is 47.2 Å². The molecular weight excluding hydrogens is 417 g/mol. The van der Waals surface area contributed by atoms with Crippen LogP contribution in [0.25, 0.3) is 21.1 Å². The smallest absolute Gasteiger partial charge is 0.278 e. The third kappa shape index (κ3) is 4.58. The molecule has 0 saturated heterocycles. The highest BCUT2D eigenvalue weighted by Crippen LogP contribution is 2.37. The maximum Gasteiger partial charge on any atom is 0.278 e. The van der Waals surface area contributed by atoms with Gasteiger partial charge >= 0.3 is 0 Å². The van der Waals surface area contributed by atoms with Gasteiger partial charge in [-0.25, -0.2) is 18.2 Å². The standard InChI is InChI=1S/C17H12BrF3N2OS/c1-17(20,21)9-24-12-6-7-13(22-8-12)14-15(18)23-16(25-14)10-2-4-11(19)5-3-10/h2-8H,9H2,1H3. The minimum atomic E-state index is -2.90. The van der Waals surface area contributed by atoms with Crippen molar-refractivity contribution in [1.82, 2.24) is 9.97 Å². The normalized spacial score (nSPS) is 11.6. The van der Waals surface area contributed by atoms with Crippen molar-refractivity contribution in [3.8, 4) is 26.9 Å². The largest absolute Gasteiger partial charge is 0.486 e. The first kappa shape index (κ1) is 17.9. The van der Waals surface area contributed by atoms with Crippen LogP contribution < -0.4 is 4.74 Å². The fourth-order valence-electron chi connectivity index (χ4n) is 1.99. The van der Waals surface area contributed by atoms with Gasteiger partial charge in [-0.3, -0.25) is 4.98 Å². The van der Waals surface area contributed by atoms with Gasteiger partial charge in [-0.15, -0.1) is 11.3 Å². The van der Waals surface area contributed by atoms with Gasteiger partial charge in [-0.05, 0) is 52.3 Å². The Morgan fingerprint density at radius 2 is 1.88 bits per heavy atom. The zero-order valence-electron chi connectivity index (χ0n) is 13.0. The molecule has 1 aromatic carbocycles. The van der Waals surface area contributed by atoms with Gasteiger partial charge in [-0.1, -0.05) is 0 Å². The maximum absolute atomic E-state index is 13.0. The molecule has 0 fully saturated rings. The summed E-state index contributed by atoms with van der Waals surface area (Å²) in [5.41, 5.74) is 1.43. The van der Waals surface area contributed by atoms with Crippen LogP contribution in [-0.4, -0.2) is 22.5 Å². The molecule has 0 radical (unpaired) electrons. The van der Waals surface area contributed by atoms with Crippen molar-refractivity contribution in [1.29, 1.82) is 0 Å². The Hall–Kier alpha value is -1.93. The first-order valence-electron chi connectivity index (χ1n) is 7.21. The number of ether oxygens (including phenoxy) is 1. The summed E-state index contributed by atoms with van der Waals surface area (Å²) in [6, 6.07) is 9.31. The van der Waals surface area contributed by atoms with E-state index in [0.717, 1.165) is 22.4 Å². The molecule has 0 saturated carbocycles. The summed E-state index contributed by atoms with van der Waals surface area (Å²) in [4.78, 5) is 9.45. The summed E-state index contributed by atoms with van der Waals surface area (Å²) < 4.78 is 44.3. The average molecular weight is 429 g/mol.